The lowest BCUT2D eigenvalue weighted by Gasteiger charge is -2.21. The van der Waals surface area contributed by atoms with E-state index in [1.54, 1.807) is 7.05 Å². The van der Waals surface area contributed by atoms with Crippen LogP contribution in [0.4, 0.5) is 25.8 Å². The number of nitro groups is 1. The van der Waals surface area contributed by atoms with Crippen LogP contribution in [0.3, 0.4) is 0 Å². The van der Waals surface area contributed by atoms with Crippen LogP contribution in [0.2, 0.25) is 0 Å². The first kappa shape index (κ1) is 14.4. The largest absolute Gasteiger partial charge is 0.341 e. The van der Waals surface area contributed by atoms with Gasteiger partial charge in [-0.1, -0.05) is 0 Å². The van der Waals surface area contributed by atoms with Crippen molar-refractivity contribution in [1.29, 1.82) is 0 Å². The molecule has 0 atom stereocenters. The van der Waals surface area contributed by atoms with Crippen molar-refractivity contribution in [3.63, 3.8) is 0 Å². The summed E-state index contributed by atoms with van der Waals surface area (Å²) in [5.41, 5.74) is 0.621. The van der Waals surface area contributed by atoms with Crippen LogP contribution in [0.1, 0.15) is 0 Å². The summed E-state index contributed by atoms with van der Waals surface area (Å²) in [6.45, 7) is 0. The zero-order valence-corrected chi connectivity index (χ0v) is 11.9. The first-order valence-corrected chi connectivity index (χ1v) is 6.32. The van der Waals surface area contributed by atoms with Crippen molar-refractivity contribution >= 4 is 33.0 Å². The standard InChI is InChI=1S/C13H9BrF2N2O2/c1-17(13-4-2-8(15)6-11(13)16)12-5-3-9(18(19)20)7-10(12)14/h2-7H,1H3. The molecule has 2 aromatic carbocycles. The molecule has 0 saturated carbocycles. The molecule has 0 radical (unpaired) electrons. The number of halogens is 3. The first-order chi connectivity index (χ1) is 9.40. The fourth-order valence-corrected chi connectivity index (χ4v) is 2.40. The minimum absolute atomic E-state index is 0.0754. The summed E-state index contributed by atoms with van der Waals surface area (Å²) in [6, 6.07) is 7.37. The van der Waals surface area contributed by atoms with E-state index < -0.39 is 16.6 Å². The third-order valence-corrected chi connectivity index (χ3v) is 3.41. The van der Waals surface area contributed by atoms with Crippen LogP contribution in [0, 0.1) is 21.7 Å². The molecule has 2 aromatic rings. The van der Waals surface area contributed by atoms with Crippen LogP contribution in [0.5, 0.6) is 0 Å². The number of benzene rings is 2. The van der Waals surface area contributed by atoms with E-state index in [1.165, 1.54) is 29.2 Å². The fraction of sp³-hybridized carbons (Fsp3) is 0.0769. The Bertz CT molecular complexity index is 679. The van der Waals surface area contributed by atoms with Gasteiger partial charge in [-0.3, -0.25) is 10.1 Å². The average Bonchev–Trinajstić information content (AvgIpc) is 2.37. The Kier molecular flexibility index (Phi) is 3.99. The van der Waals surface area contributed by atoms with Gasteiger partial charge in [-0.15, -0.1) is 0 Å². The minimum atomic E-state index is -0.710. The summed E-state index contributed by atoms with van der Waals surface area (Å²) in [5, 5.41) is 10.7. The number of hydrogen-bond donors (Lipinski definition) is 0. The highest BCUT2D eigenvalue weighted by molar-refractivity contribution is 9.10. The monoisotopic (exact) mass is 342 g/mol. The van der Waals surface area contributed by atoms with Crippen molar-refractivity contribution in [3.8, 4) is 0 Å². The van der Waals surface area contributed by atoms with Gasteiger partial charge < -0.3 is 4.90 Å². The third kappa shape index (κ3) is 2.77. The van der Waals surface area contributed by atoms with Crippen molar-refractivity contribution in [2.45, 2.75) is 0 Å². The van der Waals surface area contributed by atoms with Crippen molar-refractivity contribution < 1.29 is 13.7 Å². The molecule has 7 heteroatoms. The van der Waals surface area contributed by atoms with Gasteiger partial charge in [0.15, 0.2) is 0 Å². The molecule has 0 bridgehead atoms. The summed E-state index contributed by atoms with van der Waals surface area (Å²) in [4.78, 5) is 11.6. The fourth-order valence-electron chi connectivity index (χ4n) is 1.76. The maximum absolute atomic E-state index is 13.7. The molecule has 0 aliphatic heterocycles. The number of non-ortho nitro benzene ring substituents is 1. The summed E-state index contributed by atoms with van der Waals surface area (Å²) < 4.78 is 27.1. The molecule has 4 nitrogen and oxygen atoms in total. The second-order valence-electron chi connectivity index (χ2n) is 4.05. The Morgan fingerprint density at radius 2 is 1.80 bits per heavy atom. The Morgan fingerprint density at radius 1 is 1.15 bits per heavy atom. The van der Waals surface area contributed by atoms with E-state index >= 15 is 0 Å². The van der Waals surface area contributed by atoms with Crippen LogP contribution in [-0.2, 0) is 0 Å². The average molecular weight is 343 g/mol. The van der Waals surface area contributed by atoms with E-state index in [0.717, 1.165) is 12.1 Å². The van der Waals surface area contributed by atoms with E-state index in [9.17, 15) is 18.9 Å². The molecular weight excluding hydrogens is 334 g/mol. The molecule has 0 saturated heterocycles. The van der Waals surface area contributed by atoms with Crippen LogP contribution in [0.15, 0.2) is 40.9 Å². The first-order valence-electron chi connectivity index (χ1n) is 5.53. The summed E-state index contributed by atoms with van der Waals surface area (Å²) in [7, 11) is 1.59. The van der Waals surface area contributed by atoms with Crippen LogP contribution < -0.4 is 4.90 Å². The van der Waals surface area contributed by atoms with E-state index in [4.69, 9.17) is 0 Å². The topological polar surface area (TPSA) is 46.4 Å². The highest BCUT2D eigenvalue weighted by Crippen LogP contribution is 2.34. The molecule has 0 aliphatic rings. The van der Waals surface area contributed by atoms with Crippen LogP contribution in [-0.4, -0.2) is 12.0 Å². The molecule has 104 valence electrons. The minimum Gasteiger partial charge on any atom is -0.341 e. The third-order valence-electron chi connectivity index (χ3n) is 2.77. The van der Waals surface area contributed by atoms with Gasteiger partial charge in [0.05, 0.1) is 16.3 Å². The lowest BCUT2D eigenvalue weighted by Crippen LogP contribution is -2.12. The second kappa shape index (κ2) is 5.54. The highest BCUT2D eigenvalue weighted by Gasteiger charge is 2.15. The number of nitrogens with zero attached hydrogens (tertiary/aromatic N) is 2. The molecule has 0 aromatic heterocycles. The predicted octanol–water partition coefficient (Wildman–Crippen LogP) is 4.40. The van der Waals surface area contributed by atoms with Gasteiger partial charge in [0.1, 0.15) is 11.6 Å². The maximum atomic E-state index is 13.7. The zero-order valence-electron chi connectivity index (χ0n) is 10.3. The Morgan fingerprint density at radius 3 is 2.35 bits per heavy atom. The normalized spacial score (nSPS) is 10.4. The van der Waals surface area contributed by atoms with Crippen molar-refractivity contribution in [2.24, 2.45) is 0 Å². The van der Waals surface area contributed by atoms with Gasteiger partial charge >= 0.3 is 0 Å². The van der Waals surface area contributed by atoms with Crippen molar-refractivity contribution in [3.05, 3.63) is 62.6 Å². The summed E-state index contributed by atoms with van der Waals surface area (Å²) in [6.07, 6.45) is 0. The molecule has 20 heavy (non-hydrogen) atoms. The Balaban J connectivity index is 2.43. The van der Waals surface area contributed by atoms with Gasteiger partial charge in [0.2, 0.25) is 0 Å². The number of rotatable bonds is 3. The molecule has 2 rings (SSSR count). The lowest BCUT2D eigenvalue weighted by molar-refractivity contribution is -0.384. The molecule has 0 spiro atoms. The molecule has 0 N–H and O–H groups in total. The summed E-state index contributed by atoms with van der Waals surface area (Å²) >= 11 is 3.21. The van der Waals surface area contributed by atoms with Crippen molar-refractivity contribution in [1.82, 2.24) is 0 Å². The molecule has 0 unspecified atom stereocenters. The molecule has 0 fully saturated rings. The highest BCUT2D eigenvalue weighted by atomic mass is 79.9. The van der Waals surface area contributed by atoms with Crippen LogP contribution in [0.25, 0.3) is 0 Å². The predicted molar refractivity (Wildman–Crippen MR) is 75.2 cm³/mol. The van der Waals surface area contributed by atoms with Gasteiger partial charge in [0, 0.05) is 29.7 Å². The Labute approximate surface area is 121 Å². The van der Waals surface area contributed by atoms with E-state index in [1.807, 2.05) is 0 Å². The van der Waals surface area contributed by atoms with E-state index in [2.05, 4.69) is 15.9 Å². The smallest absolute Gasteiger partial charge is 0.270 e. The van der Waals surface area contributed by atoms with Crippen LogP contribution >= 0.6 is 15.9 Å². The lowest BCUT2D eigenvalue weighted by atomic mass is 10.2. The zero-order chi connectivity index (χ0) is 14.9. The Hall–Kier alpha value is -2.02. The van der Waals surface area contributed by atoms with Crippen molar-refractivity contribution in [2.75, 3.05) is 11.9 Å². The number of hydrogen-bond acceptors (Lipinski definition) is 3. The second-order valence-corrected chi connectivity index (χ2v) is 4.90. The molecule has 0 amide bonds. The van der Waals surface area contributed by atoms with Gasteiger partial charge in [-0.2, -0.15) is 0 Å². The maximum Gasteiger partial charge on any atom is 0.270 e. The van der Waals surface area contributed by atoms with E-state index in [-0.39, 0.29) is 11.4 Å². The van der Waals surface area contributed by atoms with Gasteiger partial charge in [0.25, 0.3) is 5.69 Å². The number of anilines is 2. The SMILES string of the molecule is CN(c1ccc(F)cc1F)c1ccc([N+](=O)[O-])cc1Br. The summed E-state index contributed by atoms with van der Waals surface area (Å²) in [5.74, 6) is -1.37. The number of nitro benzene ring substituents is 1. The molecule has 0 heterocycles. The van der Waals surface area contributed by atoms with Gasteiger partial charge in [-0.25, -0.2) is 8.78 Å². The van der Waals surface area contributed by atoms with Gasteiger partial charge in [-0.05, 0) is 34.1 Å². The molecule has 0 aliphatic carbocycles. The molecular formula is C13H9BrF2N2O2. The quantitative estimate of drug-likeness (QED) is 0.613. The van der Waals surface area contributed by atoms with E-state index in [0.29, 0.717) is 10.2 Å².